The number of pyridine rings is 1. The van der Waals surface area contributed by atoms with E-state index in [-0.39, 0.29) is 6.42 Å². The van der Waals surface area contributed by atoms with E-state index in [2.05, 4.69) is 25.9 Å². The highest BCUT2D eigenvalue weighted by atomic mass is 32.1. The Morgan fingerprint density at radius 3 is 2.82 bits per heavy atom. The summed E-state index contributed by atoms with van der Waals surface area (Å²) in [6, 6.07) is 9.47. The van der Waals surface area contributed by atoms with Gasteiger partial charge in [0.1, 0.15) is 16.3 Å². The second-order valence-corrected chi connectivity index (χ2v) is 7.34. The molecule has 0 aliphatic carbocycles. The third-order valence-electron chi connectivity index (χ3n) is 4.50. The van der Waals surface area contributed by atoms with E-state index in [1.54, 1.807) is 17.8 Å². The monoisotopic (exact) mass is 387 g/mol. The third kappa shape index (κ3) is 3.20. The number of aliphatic hydroxyl groups is 1. The van der Waals surface area contributed by atoms with Gasteiger partial charge in [-0.3, -0.25) is 0 Å². The average Bonchev–Trinajstić information content (AvgIpc) is 3.24. The van der Waals surface area contributed by atoms with Gasteiger partial charge in [-0.15, -0.1) is 17.8 Å². The highest BCUT2D eigenvalue weighted by Gasteiger charge is 2.30. The maximum Gasteiger partial charge on any atom is 0.181 e. The zero-order valence-corrected chi connectivity index (χ0v) is 15.9. The first kappa shape index (κ1) is 18.0. The van der Waals surface area contributed by atoms with Crippen LogP contribution >= 0.6 is 11.3 Å². The molecular weight excluding hydrogens is 370 g/mol. The maximum absolute atomic E-state index is 10.9. The van der Waals surface area contributed by atoms with Gasteiger partial charge >= 0.3 is 0 Å². The Morgan fingerprint density at radius 2 is 2.07 bits per heavy atom. The predicted molar refractivity (Wildman–Crippen MR) is 110 cm³/mol. The van der Waals surface area contributed by atoms with E-state index in [4.69, 9.17) is 12.2 Å². The van der Waals surface area contributed by atoms with E-state index in [1.807, 2.05) is 37.3 Å². The summed E-state index contributed by atoms with van der Waals surface area (Å²) in [6.07, 6.45) is 9.13. The van der Waals surface area contributed by atoms with Gasteiger partial charge in [0.05, 0.1) is 0 Å². The molecule has 7 heteroatoms. The van der Waals surface area contributed by atoms with Crippen molar-refractivity contribution in [2.24, 2.45) is 0 Å². The summed E-state index contributed by atoms with van der Waals surface area (Å²) < 4.78 is 0. The van der Waals surface area contributed by atoms with E-state index in [0.29, 0.717) is 22.2 Å². The molecule has 3 N–H and O–H groups in total. The zero-order chi connectivity index (χ0) is 19.7. The second kappa shape index (κ2) is 7.00. The van der Waals surface area contributed by atoms with Crippen molar-refractivity contribution in [3.05, 3.63) is 64.4 Å². The lowest BCUT2D eigenvalue weighted by molar-refractivity contribution is 0.100. The summed E-state index contributed by atoms with van der Waals surface area (Å²) in [4.78, 5) is 17.5. The first-order chi connectivity index (χ1) is 13.5. The van der Waals surface area contributed by atoms with Crippen LogP contribution < -0.4 is 5.73 Å². The maximum atomic E-state index is 10.9. The highest BCUT2D eigenvalue weighted by molar-refractivity contribution is 7.09. The van der Waals surface area contributed by atoms with E-state index in [0.717, 1.165) is 22.2 Å². The van der Waals surface area contributed by atoms with Gasteiger partial charge in [0, 0.05) is 40.8 Å². The van der Waals surface area contributed by atoms with Crippen LogP contribution in [0.15, 0.2) is 48.1 Å². The number of nitrogens with zero attached hydrogens (tertiary/aromatic N) is 4. The summed E-state index contributed by atoms with van der Waals surface area (Å²) in [7, 11) is 0. The Bertz CT molecular complexity index is 1200. The molecule has 4 rings (SSSR count). The van der Waals surface area contributed by atoms with E-state index < -0.39 is 5.60 Å². The number of benzene rings is 1. The van der Waals surface area contributed by atoms with Crippen molar-refractivity contribution in [3.8, 4) is 23.7 Å². The Hall–Kier alpha value is -3.34. The minimum Gasteiger partial charge on any atom is -0.382 e. The molecule has 6 nitrogen and oxygen atoms in total. The first-order valence-electron chi connectivity index (χ1n) is 8.58. The molecule has 1 aromatic carbocycles. The minimum absolute atomic E-state index is 0.237. The van der Waals surface area contributed by atoms with Crippen LogP contribution in [0.25, 0.3) is 22.3 Å². The zero-order valence-electron chi connectivity index (χ0n) is 15.1. The lowest BCUT2D eigenvalue weighted by atomic mass is 9.94. The molecule has 0 saturated heterocycles. The molecular formula is C21H17N5OS. The predicted octanol–water partition coefficient (Wildman–Crippen LogP) is 3.10. The summed E-state index contributed by atoms with van der Waals surface area (Å²) in [5.41, 5.74) is 7.65. The van der Waals surface area contributed by atoms with Crippen LogP contribution in [0.1, 0.15) is 16.3 Å². The van der Waals surface area contributed by atoms with Crippen LogP contribution in [-0.4, -0.2) is 25.0 Å². The first-order valence-corrected chi connectivity index (χ1v) is 9.46. The summed E-state index contributed by atoms with van der Waals surface area (Å²) in [5, 5.41) is 14.0. The molecule has 0 bridgehead atoms. The number of thiazole rings is 1. The quantitative estimate of drug-likeness (QED) is 0.522. The molecule has 1 unspecified atom stereocenters. The summed E-state index contributed by atoms with van der Waals surface area (Å²) in [5.74, 6) is 3.39. The number of hydrogen-bond acceptors (Lipinski definition) is 7. The van der Waals surface area contributed by atoms with Crippen LogP contribution in [0.2, 0.25) is 0 Å². The Balaban J connectivity index is 1.75. The molecule has 138 valence electrons. The van der Waals surface area contributed by atoms with Crippen molar-refractivity contribution < 1.29 is 5.11 Å². The molecule has 28 heavy (non-hydrogen) atoms. The second-order valence-electron chi connectivity index (χ2n) is 6.44. The molecule has 1 atom stereocenters. The van der Waals surface area contributed by atoms with Gasteiger partial charge in [-0.25, -0.2) is 19.9 Å². The Kier molecular flexibility index (Phi) is 4.51. The van der Waals surface area contributed by atoms with E-state index in [1.165, 1.54) is 11.3 Å². The molecule has 0 amide bonds. The number of aromatic nitrogens is 4. The van der Waals surface area contributed by atoms with Crippen molar-refractivity contribution in [1.82, 2.24) is 19.9 Å². The van der Waals surface area contributed by atoms with Gasteiger partial charge in [-0.05, 0) is 24.6 Å². The van der Waals surface area contributed by atoms with E-state index >= 15 is 0 Å². The standard InChI is InChI=1S/C21H17N5OS/c1-3-21(27,20-24-9-10-28-20)12-14-5-4-6-15(11-14)19-25-13(2)16-7-8-23-18(22)17(16)26-19/h1,4-11,27H,12H2,2H3,(H2,22,23). The molecule has 3 aromatic heterocycles. The van der Waals surface area contributed by atoms with Crippen molar-refractivity contribution in [3.63, 3.8) is 0 Å². The number of aryl methyl sites for hydroxylation is 1. The van der Waals surface area contributed by atoms with Crippen LogP contribution in [0.3, 0.4) is 0 Å². The molecule has 0 fully saturated rings. The molecule has 0 aliphatic heterocycles. The highest BCUT2D eigenvalue weighted by Crippen LogP contribution is 2.29. The topological polar surface area (TPSA) is 97.8 Å². The smallest absolute Gasteiger partial charge is 0.181 e. The van der Waals surface area contributed by atoms with Gasteiger partial charge in [0.25, 0.3) is 0 Å². The fraction of sp³-hybridized carbons (Fsp3) is 0.143. The molecule has 0 saturated carbocycles. The number of rotatable bonds is 4. The molecule has 3 heterocycles. The Morgan fingerprint density at radius 1 is 1.21 bits per heavy atom. The summed E-state index contributed by atoms with van der Waals surface area (Å²) >= 11 is 1.33. The number of nitrogen functional groups attached to an aromatic ring is 1. The van der Waals surface area contributed by atoms with Gasteiger partial charge in [-0.1, -0.05) is 24.1 Å². The van der Waals surface area contributed by atoms with E-state index in [9.17, 15) is 5.11 Å². The number of terminal acetylenes is 1. The van der Waals surface area contributed by atoms with Gasteiger partial charge in [-0.2, -0.15) is 0 Å². The largest absolute Gasteiger partial charge is 0.382 e. The molecule has 0 aliphatic rings. The fourth-order valence-corrected chi connectivity index (χ4v) is 3.79. The van der Waals surface area contributed by atoms with Gasteiger partial charge in [0.15, 0.2) is 11.4 Å². The van der Waals surface area contributed by atoms with Crippen LogP contribution in [-0.2, 0) is 12.0 Å². The lowest BCUT2D eigenvalue weighted by Crippen LogP contribution is -2.26. The number of anilines is 1. The number of fused-ring (bicyclic) bond motifs is 1. The average molecular weight is 387 g/mol. The fourth-order valence-electron chi connectivity index (χ4n) is 3.09. The SMILES string of the molecule is C#CC(O)(Cc1cccc(-c2nc(C)c3ccnc(N)c3n2)c1)c1nccs1. The van der Waals surface area contributed by atoms with Gasteiger partial charge < -0.3 is 10.8 Å². The summed E-state index contributed by atoms with van der Waals surface area (Å²) in [6.45, 7) is 1.91. The molecule has 0 radical (unpaired) electrons. The minimum atomic E-state index is -1.46. The van der Waals surface area contributed by atoms with Crippen molar-refractivity contribution >= 4 is 28.1 Å². The number of hydrogen-bond donors (Lipinski definition) is 2. The van der Waals surface area contributed by atoms with Crippen LogP contribution in [0.4, 0.5) is 5.82 Å². The molecule has 4 aromatic rings. The van der Waals surface area contributed by atoms with Crippen LogP contribution in [0, 0.1) is 19.3 Å². The van der Waals surface area contributed by atoms with Crippen LogP contribution in [0.5, 0.6) is 0 Å². The van der Waals surface area contributed by atoms with Crippen molar-refractivity contribution in [2.75, 3.05) is 5.73 Å². The van der Waals surface area contributed by atoms with Crippen molar-refractivity contribution in [2.45, 2.75) is 18.9 Å². The normalized spacial score (nSPS) is 13.2. The molecule has 0 spiro atoms. The lowest BCUT2D eigenvalue weighted by Gasteiger charge is -2.20. The number of nitrogens with two attached hydrogens (primary N) is 1. The third-order valence-corrected chi connectivity index (χ3v) is 5.43. The van der Waals surface area contributed by atoms with Gasteiger partial charge in [0.2, 0.25) is 0 Å². The Labute approximate surface area is 166 Å². The van der Waals surface area contributed by atoms with Crippen molar-refractivity contribution in [1.29, 1.82) is 0 Å².